The minimum Gasteiger partial charge on any atom is -0.327 e. The molecule has 0 bridgehead atoms. The maximum Gasteiger partial charge on any atom is 0.147 e. The molecular formula is C11H16BrNO2S. The van der Waals surface area contributed by atoms with Crippen molar-refractivity contribution in [3.05, 3.63) is 34.3 Å². The molecule has 1 aromatic carbocycles. The zero-order chi connectivity index (χ0) is 12.2. The molecule has 1 aromatic rings. The quantitative estimate of drug-likeness (QED) is 0.901. The molecule has 0 spiro atoms. The van der Waals surface area contributed by atoms with Gasteiger partial charge in [-0.25, -0.2) is 8.42 Å². The van der Waals surface area contributed by atoms with Crippen LogP contribution in [0.4, 0.5) is 0 Å². The third-order valence-corrected chi connectivity index (χ3v) is 4.05. The standard InChI is InChI=1S/C11H16BrNO2S/c1-16(14,15)7-6-10(13)8-9-4-2-3-5-11(9)12/h2-5,10H,6-8,13H2,1H3. The number of hydrogen-bond donors (Lipinski definition) is 1. The normalized spacial score (nSPS) is 13.7. The maximum absolute atomic E-state index is 11.0. The van der Waals surface area contributed by atoms with Gasteiger partial charge < -0.3 is 5.73 Å². The average molecular weight is 306 g/mol. The molecule has 0 saturated heterocycles. The van der Waals surface area contributed by atoms with Crippen LogP contribution in [0.25, 0.3) is 0 Å². The summed E-state index contributed by atoms with van der Waals surface area (Å²) < 4.78 is 23.0. The van der Waals surface area contributed by atoms with Crippen LogP contribution in [-0.2, 0) is 16.3 Å². The first-order chi connectivity index (χ1) is 7.38. The molecular weight excluding hydrogens is 290 g/mol. The summed E-state index contributed by atoms with van der Waals surface area (Å²) in [6.07, 6.45) is 2.43. The number of nitrogens with two attached hydrogens (primary N) is 1. The number of rotatable bonds is 5. The van der Waals surface area contributed by atoms with E-state index in [1.807, 2.05) is 24.3 Å². The van der Waals surface area contributed by atoms with E-state index in [4.69, 9.17) is 5.73 Å². The molecule has 0 heterocycles. The van der Waals surface area contributed by atoms with Gasteiger partial charge >= 0.3 is 0 Å². The number of benzene rings is 1. The van der Waals surface area contributed by atoms with Crippen LogP contribution < -0.4 is 5.73 Å². The zero-order valence-electron chi connectivity index (χ0n) is 9.19. The Morgan fingerprint density at radius 2 is 2.00 bits per heavy atom. The van der Waals surface area contributed by atoms with E-state index in [1.165, 1.54) is 6.26 Å². The van der Waals surface area contributed by atoms with E-state index in [9.17, 15) is 8.42 Å². The van der Waals surface area contributed by atoms with Crippen molar-refractivity contribution in [2.75, 3.05) is 12.0 Å². The molecule has 0 aliphatic carbocycles. The second kappa shape index (κ2) is 5.80. The van der Waals surface area contributed by atoms with E-state index in [2.05, 4.69) is 15.9 Å². The van der Waals surface area contributed by atoms with Crippen LogP contribution in [0.1, 0.15) is 12.0 Å². The van der Waals surface area contributed by atoms with Gasteiger partial charge in [-0.15, -0.1) is 0 Å². The van der Waals surface area contributed by atoms with Gasteiger partial charge in [-0.2, -0.15) is 0 Å². The second-order valence-corrected chi connectivity index (χ2v) is 7.09. The molecule has 3 nitrogen and oxygen atoms in total. The predicted molar refractivity (Wildman–Crippen MR) is 70.1 cm³/mol. The van der Waals surface area contributed by atoms with Crippen LogP contribution in [0.5, 0.6) is 0 Å². The molecule has 0 aliphatic heterocycles. The lowest BCUT2D eigenvalue weighted by Gasteiger charge is -2.12. The van der Waals surface area contributed by atoms with E-state index in [1.54, 1.807) is 0 Å². The summed E-state index contributed by atoms with van der Waals surface area (Å²) in [6, 6.07) is 7.72. The lowest BCUT2D eigenvalue weighted by atomic mass is 10.1. The van der Waals surface area contributed by atoms with Crippen molar-refractivity contribution in [1.29, 1.82) is 0 Å². The Labute approximate surface area is 105 Å². The summed E-state index contributed by atoms with van der Waals surface area (Å²) >= 11 is 3.44. The minimum absolute atomic E-state index is 0.117. The van der Waals surface area contributed by atoms with Crippen LogP contribution in [0.2, 0.25) is 0 Å². The Kier molecular flexibility index (Phi) is 4.95. The smallest absolute Gasteiger partial charge is 0.147 e. The van der Waals surface area contributed by atoms with Gasteiger partial charge in [0.05, 0.1) is 5.75 Å². The van der Waals surface area contributed by atoms with Crippen molar-refractivity contribution >= 4 is 25.8 Å². The molecule has 0 fully saturated rings. The summed E-state index contributed by atoms with van der Waals surface area (Å²) in [5.41, 5.74) is 7.01. The molecule has 1 rings (SSSR count). The summed E-state index contributed by atoms with van der Waals surface area (Å²) in [5.74, 6) is 0.151. The van der Waals surface area contributed by atoms with Gasteiger partial charge in [0, 0.05) is 16.8 Å². The number of halogens is 1. The fraction of sp³-hybridized carbons (Fsp3) is 0.455. The van der Waals surface area contributed by atoms with E-state index in [-0.39, 0.29) is 11.8 Å². The summed E-state index contributed by atoms with van der Waals surface area (Å²) in [4.78, 5) is 0. The largest absolute Gasteiger partial charge is 0.327 e. The molecule has 0 aliphatic rings. The topological polar surface area (TPSA) is 60.2 Å². The number of sulfone groups is 1. The molecule has 2 N–H and O–H groups in total. The van der Waals surface area contributed by atoms with Gasteiger partial charge in [0.2, 0.25) is 0 Å². The molecule has 16 heavy (non-hydrogen) atoms. The predicted octanol–water partition coefficient (Wildman–Crippen LogP) is 1.75. The van der Waals surface area contributed by atoms with Crippen LogP contribution in [0, 0.1) is 0 Å². The first-order valence-electron chi connectivity index (χ1n) is 5.05. The van der Waals surface area contributed by atoms with Crippen molar-refractivity contribution in [1.82, 2.24) is 0 Å². The van der Waals surface area contributed by atoms with Gasteiger partial charge in [0.25, 0.3) is 0 Å². The van der Waals surface area contributed by atoms with Crippen molar-refractivity contribution in [2.24, 2.45) is 5.73 Å². The Morgan fingerprint density at radius 1 is 1.38 bits per heavy atom. The van der Waals surface area contributed by atoms with Gasteiger partial charge in [-0.1, -0.05) is 34.1 Å². The van der Waals surface area contributed by atoms with Crippen LogP contribution in [0.15, 0.2) is 28.7 Å². The van der Waals surface area contributed by atoms with Crippen LogP contribution >= 0.6 is 15.9 Å². The maximum atomic E-state index is 11.0. The first kappa shape index (κ1) is 13.7. The zero-order valence-corrected chi connectivity index (χ0v) is 11.6. The average Bonchev–Trinajstić information content (AvgIpc) is 2.18. The third kappa shape index (κ3) is 5.09. The molecule has 5 heteroatoms. The van der Waals surface area contributed by atoms with Crippen LogP contribution in [0.3, 0.4) is 0 Å². The van der Waals surface area contributed by atoms with Crippen molar-refractivity contribution in [3.8, 4) is 0 Å². The SMILES string of the molecule is CS(=O)(=O)CCC(N)Cc1ccccc1Br. The molecule has 0 aromatic heterocycles. The Bertz CT molecular complexity index is 445. The molecule has 1 atom stereocenters. The molecule has 0 amide bonds. The van der Waals surface area contributed by atoms with Crippen molar-refractivity contribution in [3.63, 3.8) is 0 Å². The van der Waals surface area contributed by atoms with Crippen molar-refractivity contribution in [2.45, 2.75) is 18.9 Å². The Morgan fingerprint density at radius 3 is 2.56 bits per heavy atom. The fourth-order valence-corrected chi connectivity index (χ4v) is 2.59. The highest BCUT2D eigenvalue weighted by atomic mass is 79.9. The fourth-order valence-electron chi connectivity index (χ4n) is 1.41. The van der Waals surface area contributed by atoms with E-state index < -0.39 is 9.84 Å². The van der Waals surface area contributed by atoms with E-state index >= 15 is 0 Å². The lowest BCUT2D eigenvalue weighted by Crippen LogP contribution is -2.26. The highest BCUT2D eigenvalue weighted by Crippen LogP contribution is 2.17. The van der Waals surface area contributed by atoms with Gasteiger partial charge in [-0.3, -0.25) is 0 Å². The van der Waals surface area contributed by atoms with Gasteiger partial charge in [0.1, 0.15) is 9.84 Å². The molecule has 0 saturated carbocycles. The lowest BCUT2D eigenvalue weighted by molar-refractivity contribution is 0.585. The number of hydrogen-bond acceptors (Lipinski definition) is 3. The third-order valence-electron chi connectivity index (χ3n) is 2.30. The Balaban J connectivity index is 2.52. The monoisotopic (exact) mass is 305 g/mol. The van der Waals surface area contributed by atoms with Gasteiger partial charge in [-0.05, 0) is 24.5 Å². The van der Waals surface area contributed by atoms with E-state index in [0.29, 0.717) is 12.8 Å². The molecule has 90 valence electrons. The Hall–Kier alpha value is -0.390. The second-order valence-electron chi connectivity index (χ2n) is 3.97. The summed E-state index contributed by atoms with van der Waals surface area (Å²) in [5, 5.41) is 0. The van der Waals surface area contributed by atoms with E-state index in [0.717, 1.165) is 10.0 Å². The highest BCUT2D eigenvalue weighted by Gasteiger charge is 2.10. The van der Waals surface area contributed by atoms with Gasteiger partial charge in [0.15, 0.2) is 0 Å². The first-order valence-corrected chi connectivity index (χ1v) is 7.90. The van der Waals surface area contributed by atoms with Crippen LogP contribution in [-0.4, -0.2) is 26.5 Å². The summed E-state index contributed by atoms with van der Waals surface area (Å²) in [6.45, 7) is 0. The molecule has 1 unspecified atom stereocenters. The summed E-state index contributed by atoms with van der Waals surface area (Å²) in [7, 11) is -2.91. The van der Waals surface area contributed by atoms with Crippen molar-refractivity contribution < 1.29 is 8.42 Å². The molecule has 0 radical (unpaired) electrons. The minimum atomic E-state index is -2.91. The highest BCUT2D eigenvalue weighted by molar-refractivity contribution is 9.10.